The van der Waals surface area contributed by atoms with E-state index in [1.807, 2.05) is 18.3 Å². The van der Waals surface area contributed by atoms with Gasteiger partial charge in [-0.15, -0.1) is 0 Å². The third-order valence-electron chi connectivity index (χ3n) is 4.24. The summed E-state index contributed by atoms with van der Waals surface area (Å²) in [6.07, 6.45) is 6.59. The van der Waals surface area contributed by atoms with Crippen LogP contribution < -0.4 is 0 Å². The van der Waals surface area contributed by atoms with Crippen LogP contribution >= 0.6 is 0 Å². The van der Waals surface area contributed by atoms with Crippen LogP contribution in [0, 0.1) is 0 Å². The molecule has 0 amide bonds. The molecule has 0 unspecified atom stereocenters. The van der Waals surface area contributed by atoms with Crippen molar-refractivity contribution in [3.63, 3.8) is 0 Å². The lowest BCUT2D eigenvalue weighted by Crippen LogP contribution is -2.03. The summed E-state index contributed by atoms with van der Waals surface area (Å²) in [5.41, 5.74) is 2.15. The van der Waals surface area contributed by atoms with Crippen LogP contribution in [0.4, 0.5) is 0 Å². The zero-order valence-electron chi connectivity index (χ0n) is 12.9. The molecular formula is C18H20N4. The van der Waals surface area contributed by atoms with Gasteiger partial charge in [0.2, 0.25) is 0 Å². The second-order valence-corrected chi connectivity index (χ2v) is 6.02. The minimum Gasteiger partial charge on any atom is -0.256 e. The van der Waals surface area contributed by atoms with Gasteiger partial charge in [-0.2, -0.15) is 5.10 Å². The number of unbranched alkanes of at least 4 members (excludes halogenated alkanes) is 1. The molecule has 0 atom stereocenters. The highest BCUT2D eigenvalue weighted by Gasteiger charge is 2.29. The minimum atomic E-state index is 0.578. The third-order valence-corrected chi connectivity index (χ3v) is 4.24. The summed E-state index contributed by atoms with van der Waals surface area (Å²) in [7, 11) is 0. The average molecular weight is 292 g/mol. The maximum Gasteiger partial charge on any atom is 0.159 e. The highest BCUT2D eigenvalue weighted by molar-refractivity contribution is 5.92. The molecule has 0 N–H and O–H groups in total. The fourth-order valence-electron chi connectivity index (χ4n) is 2.84. The molecule has 2 heterocycles. The van der Waals surface area contributed by atoms with E-state index in [9.17, 15) is 0 Å². The van der Waals surface area contributed by atoms with Crippen LogP contribution in [-0.4, -0.2) is 19.7 Å². The Balaban J connectivity index is 1.85. The van der Waals surface area contributed by atoms with Crippen LogP contribution in [0.5, 0.6) is 0 Å². The van der Waals surface area contributed by atoms with Crippen molar-refractivity contribution >= 4 is 10.9 Å². The van der Waals surface area contributed by atoms with Crippen molar-refractivity contribution in [3.05, 3.63) is 42.4 Å². The zero-order valence-corrected chi connectivity index (χ0v) is 12.9. The zero-order chi connectivity index (χ0) is 14.9. The molecule has 0 bridgehead atoms. The molecule has 1 saturated carbocycles. The molecule has 0 radical (unpaired) electrons. The van der Waals surface area contributed by atoms with E-state index in [-0.39, 0.29) is 0 Å². The highest BCUT2D eigenvalue weighted by Crippen LogP contribution is 2.39. The molecule has 112 valence electrons. The molecule has 0 saturated heterocycles. The van der Waals surface area contributed by atoms with Gasteiger partial charge in [-0.1, -0.05) is 31.5 Å². The molecule has 3 aromatic rings. The van der Waals surface area contributed by atoms with Gasteiger partial charge < -0.3 is 0 Å². The van der Waals surface area contributed by atoms with Crippen LogP contribution in [0.2, 0.25) is 0 Å². The molecule has 4 rings (SSSR count). The number of benzene rings is 1. The Bertz CT molecular complexity index is 796. The SMILES string of the molecule is CCCCn1nc(C2CC2)nc1-c1cccc2ncccc12. The lowest BCUT2D eigenvalue weighted by atomic mass is 10.1. The van der Waals surface area contributed by atoms with E-state index in [0.29, 0.717) is 5.92 Å². The van der Waals surface area contributed by atoms with Crippen LogP contribution in [0.1, 0.15) is 44.3 Å². The number of hydrogen-bond donors (Lipinski definition) is 0. The first-order valence-electron chi connectivity index (χ1n) is 8.15. The number of rotatable bonds is 5. The molecule has 1 fully saturated rings. The van der Waals surface area contributed by atoms with Crippen molar-refractivity contribution < 1.29 is 0 Å². The number of aryl methyl sites for hydroxylation is 1. The number of pyridine rings is 1. The maximum absolute atomic E-state index is 4.87. The van der Waals surface area contributed by atoms with E-state index in [1.54, 1.807) is 0 Å². The average Bonchev–Trinajstić information content (AvgIpc) is 3.33. The summed E-state index contributed by atoms with van der Waals surface area (Å²) in [5.74, 6) is 2.59. The Kier molecular flexibility index (Phi) is 3.37. The molecule has 4 nitrogen and oxygen atoms in total. The number of hydrogen-bond acceptors (Lipinski definition) is 3. The van der Waals surface area contributed by atoms with Gasteiger partial charge in [0.25, 0.3) is 0 Å². The predicted octanol–water partition coefficient (Wildman–Crippen LogP) is 4.17. The van der Waals surface area contributed by atoms with Crippen LogP contribution in [0.15, 0.2) is 36.5 Å². The van der Waals surface area contributed by atoms with E-state index < -0.39 is 0 Å². The van der Waals surface area contributed by atoms with E-state index in [1.165, 1.54) is 12.8 Å². The Labute approximate surface area is 130 Å². The molecule has 2 aromatic heterocycles. The summed E-state index contributed by atoms with van der Waals surface area (Å²) >= 11 is 0. The maximum atomic E-state index is 4.87. The first-order valence-corrected chi connectivity index (χ1v) is 8.15. The van der Waals surface area contributed by atoms with Crippen LogP contribution in [-0.2, 0) is 6.54 Å². The van der Waals surface area contributed by atoms with E-state index in [2.05, 4.69) is 34.8 Å². The van der Waals surface area contributed by atoms with Crippen LogP contribution in [0.3, 0.4) is 0 Å². The molecule has 0 aliphatic heterocycles. The summed E-state index contributed by atoms with van der Waals surface area (Å²) < 4.78 is 2.10. The van der Waals surface area contributed by atoms with Gasteiger partial charge in [0, 0.05) is 29.6 Å². The molecule has 1 aliphatic rings. The monoisotopic (exact) mass is 292 g/mol. The quantitative estimate of drug-likeness (QED) is 0.709. The van der Waals surface area contributed by atoms with Gasteiger partial charge in [-0.3, -0.25) is 4.98 Å². The van der Waals surface area contributed by atoms with Crippen molar-refractivity contribution in [1.29, 1.82) is 0 Å². The van der Waals surface area contributed by atoms with Crippen molar-refractivity contribution in [2.24, 2.45) is 0 Å². The second kappa shape index (κ2) is 5.52. The van der Waals surface area contributed by atoms with Gasteiger partial charge in [-0.25, -0.2) is 9.67 Å². The van der Waals surface area contributed by atoms with Crippen LogP contribution in [0.25, 0.3) is 22.3 Å². The smallest absolute Gasteiger partial charge is 0.159 e. The van der Waals surface area contributed by atoms with Gasteiger partial charge in [0.05, 0.1) is 5.52 Å². The lowest BCUT2D eigenvalue weighted by molar-refractivity contribution is 0.570. The van der Waals surface area contributed by atoms with Crippen molar-refractivity contribution in [2.45, 2.75) is 45.1 Å². The lowest BCUT2D eigenvalue weighted by Gasteiger charge is -2.07. The fraction of sp³-hybridized carbons (Fsp3) is 0.389. The minimum absolute atomic E-state index is 0.578. The summed E-state index contributed by atoms with van der Waals surface area (Å²) in [4.78, 5) is 9.33. The summed E-state index contributed by atoms with van der Waals surface area (Å²) in [5, 5.41) is 5.93. The topological polar surface area (TPSA) is 43.6 Å². The van der Waals surface area contributed by atoms with Crippen molar-refractivity contribution in [3.8, 4) is 11.4 Å². The highest BCUT2D eigenvalue weighted by atomic mass is 15.3. The molecule has 22 heavy (non-hydrogen) atoms. The molecule has 1 aliphatic carbocycles. The first-order chi connectivity index (χ1) is 10.9. The summed E-state index contributed by atoms with van der Waals surface area (Å²) in [6.45, 7) is 3.14. The number of fused-ring (bicyclic) bond motifs is 1. The second-order valence-electron chi connectivity index (χ2n) is 6.02. The Morgan fingerprint density at radius 3 is 2.91 bits per heavy atom. The Hall–Kier alpha value is -2.23. The fourth-order valence-corrected chi connectivity index (χ4v) is 2.84. The first kappa shape index (κ1) is 13.4. The van der Waals surface area contributed by atoms with E-state index in [4.69, 9.17) is 10.1 Å². The predicted molar refractivity (Wildman–Crippen MR) is 87.6 cm³/mol. The van der Waals surface area contributed by atoms with E-state index in [0.717, 1.165) is 47.5 Å². The summed E-state index contributed by atoms with van der Waals surface area (Å²) in [6, 6.07) is 10.3. The normalized spacial score (nSPS) is 14.6. The van der Waals surface area contributed by atoms with Gasteiger partial charge in [-0.05, 0) is 31.4 Å². The van der Waals surface area contributed by atoms with Gasteiger partial charge >= 0.3 is 0 Å². The standard InChI is InChI=1S/C18H20N4/c1-2-3-12-22-18(20-17(21-22)13-9-10-13)15-6-4-8-16-14(15)7-5-11-19-16/h4-8,11,13H,2-3,9-10,12H2,1H3. The molecule has 4 heteroatoms. The van der Waals surface area contributed by atoms with Crippen molar-refractivity contribution in [1.82, 2.24) is 19.7 Å². The number of aromatic nitrogens is 4. The third kappa shape index (κ3) is 2.39. The van der Waals surface area contributed by atoms with Gasteiger partial charge in [0.1, 0.15) is 0 Å². The Morgan fingerprint density at radius 2 is 2.09 bits per heavy atom. The van der Waals surface area contributed by atoms with Crippen molar-refractivity contribution in [2.75, 3.05) is 0 Å². The largest absolute Gasteiger partial charge is 0.256 e. The molecular weight excluding hydrogens is 272 g/mol. The molecule has 0 spiro atoms. The Morgan fingerprint density at radius 1 is 1.18 bits per heavy atom. The van der Waals surface area contributed by atoms with Gasteiger partial charge in [0.15, 0.2) is 11.6 Å². The number of nitrogens with zero attached hydrogens (tertiary/aromatic N) is 4. The molecule has 1 aromatic carbocycles. The van der Waals surface area contributed by atoms with E-state index >= 15 is 0 Å².